The molecule has 0 unspecified atom stereocenters. The van der Waals surface area contributed by atoms with Crippen LogP contribution in [0, 0.1) is 0 Å². The second-order valence-corrected chi connectivity index (χ2v) is 19.1. The van der Waals surface area contributed by atoms with E-state index in [9.17, 15) is 0 Å². The summed E-state index contributed by atoms with van der Waals surface area (Å²) in [5.74, 6) is 0. The molecular weight excluding hydrogens is 832 g/mol. The number of hydrogen-bond donors (Lipinski definition) is 0. The van der Waals surface area contributed by atoms with Crippen molar-refractivity contribution < 1.29 is 8.83 Å². The van der Waals surface area contributed by atoms with Gasteiger partial charge in [-0.1, -0.05) is 115 Å². The zero-order valence-corrected chi connectivity index (χ0v) is 36.3. The van der Waals surface area contributed by atoms with Gasteiger partial charge in [-0.25, -0.2) is 0 Å². The van der Waals surface area contributed by atoms with Gasteiger partial charge in [0.15, 0.2) is 0 Å². The quantitative estimate of drug-likeness (QED) is 0.165. The molecule has 65 heavy (non-hydrogen) atoms. The number of para-hydroxylation sites is 2. The Balaban J connectivity index is 1.10. The fourth-order valence-electron chi connectivity index (χ4n) is 11.0. The number of anilines is 6. The van der Waals surface area contributed by atoms with Crippen molar-refractivity contribution in [2.24, 2.45) is 0 Å². The number of thiophene rings is 2. The average Bonchev–Trinajstić information content (AvgIpc) is 4.17. The van der Waals surface area contributed by atoms with Crippen molar-refractivity contribution in [2.45, 2.75) is 0 Å². The highest BCUT2D eigenvalue weighted by Gasteiger charge is 2.45. The Kier molecular flexibility index (Phi) is 7.31. The third-order valence-corrected chi connectivity index (χ3v) is 15.5. The van der Waals surface area contributed by atoms with Gasteiger partial charge < -0.3 is 18.6 Å². The van der Waals surface area contributed by atoms with Gasteiger partial charge in [-0.3, -0.25) is 0 Å². The van der Waals surface area contributed by atoms with Gasteiger partial charge in [0.05, 0.1) is 11.4 Å². The summed E-state index contributed by atoms with van der Waals surface area (Å²) in [4.78, 5) is 5.07. The lowest BCUT2D eigenvalue weighted by Gasteiger charge is -2.44. The van der Waals surface area contributed by atoms with Gasteiger partial charge in [0.1, 0.15) is 22.3 Å². The minimum absolute atomic E-state index is 0.119. The number of benzene rings is 9. The van der Waals surface area contributed by atoms with Crippen molar-refractivity contribution in [3.05, 3.63) is 199 Å². The van der Waals surface area contributed by atoms with Gasteiger partial charge in [-0.05, 0) is 110 Å². The molecule has 0 saturated carbocycles. The van der Waals surface area contributed by atoms with Gasteiger partial charge >= 0.3 is 0 Å². The summed E-state index contributed by atoms with van der Waals surface area (Å²) in [6, 6.07) is 69.0. The summed E-state index contributed by atoms with van der Waals surface area (Å²) in [5, 5.41) is 11.4. The van der Waals surface area contributed by atoms with Crippen LogP contribution in [-0.2, 0) is 0 Å². The molecule has 0 fully saturated rings. The molecule has 9 aromatic carbocycles. The molecule has 302 valence electrons. The van der Waals surface area contributed by atoms with Crippen LogP contribution < -0.4 is 26.2 Å². The van der Waals surface area contributed by atoms with Crippen molar-refractivity contribution in [1.82, 2.24) is 0 Å². The smallest absolute Gasteiger partial charge is 0.252 e. The van der Waals surface area contributed by atoms with Gasteiger partial charge in [-0.2, -0.15) is 0 Å². The second-order valence-electron chi connectivity index (χ2n) is 17.2. The van der Waals surface area contributed by atoms with E-state index in [4.69, 9.17) is 8.83 Å². The third-order valence-electron chi connectivity index (χ3n) is 13.8. The normalized spacial score (nSPS) is 13.1. The van der Waals surface area contributed by atoms with E-state index >= 15 is 0 Å². The Morgan fingerprint density at radius 1 is 0.354 bits per heavy atom. The van der Waals surface area contributed by atoms with E-state index in [1.54, 1.807) is 22.7 Å². The first-order valence-corrected chi connectivity index (χ1v) is 23.7. The fraction of sp³-hybridized carbons (Fsp3) is 0. The first kappa shape index (κ1) is 35.6. The van der Waals surface area contributed by atoms with E-state index in [-0.39, 0.29) is 6.71 Å². The SMILES string of the molecule is c1ccc(-c2cc3ccsc3cc2N2c3cc4oc5ccccc5c4cc3B3c4cc5c(cc4N(c4cc6sccc6cc4-c4ccccc4)c4cccc2c43)oc2ccccc25)cc1. The number of nitrogens with zero attached hydrogens (tertiary/aromatic N) is 2. The van der Waals surface area contributed by atoms with Crippen LogP contribution in [0.1, 0.15) is 0 Å². The van der Waals surface area contributed by atoms with E-state index in [1.807, 2.05) is 0 Å². The summed E-state index contributed by atoms with van der Waals surface area (Å²) >= 11 is 3.58. The molecular formula is C58H33BN2O2S2. The number of rotatable bonds is 4. The molecule has 0 saturated heterocycles. The maximum atomic E-state index is 6.75. The topological polar surface area (TPSA) is 32.8 Å². The van der Waals surface area contributed by atoms with E-state index in [1.165, 1.54) is 58.8 Å². The molecule has 4 nitrogen and oxygen atoms in total. The maximum absolute atomic E-state index is 6.75. The second kappa shape index (κ2) is 13.3. The van der Waals surface area contributed by atoms with Crippen LogP contribution in [0.4, 0.5) is 34.1 Å². The van der Waals surface area contributed by atoms with Gasteiger partial charge in [0.25, 0.3) is 6.71 Å². The lowest BCUT2D eigenvalue weighted by atomic mass is 9.33. The average molecular weight is 865 g/mol. The minimum Gasteiger partial charge on any atom is -0.456 e. The molecule has 0 amide bonds. The lowest BCUT2D eigenvalue weighted by Crippen LogP contribution is -2.61. The van der Waals surface area contributed by atoms with Crippen molar-refractivity contribution in [1.29, 1.82) is 0 Å². The molecule has 0 bridgehead atoms. The summed E-state index contributed by atoms with van der Waals surface area (Å²) in [6.07, 6.45) is 0. The fourth-order valence-corrected chi connectivity index (χ4v) is 12.6. The molecule has 2 aliphatic rings. The Bertz CT molecular complexity index is 3850. The van der Waals surface area contributed by atoms with Crippen molar-refractivity contribution in [2.75, 3.05) is 9.80 Å². The van der Waals surface area contributed by atoms with Gasteiger partial charge in [-0.15, -0.1) is 22.7 Å². The van der Waals surface area contributed by atoms with Crippen LogP contribution in [0.2, 0.25) is 0 Å². The molecule has 0 N–H and O–H groups in total. The number of hydrogen-bond acceptors (Lipinski definition) is 6. The molecule has 7 heteroatoms. The maximum Gasteiger partial charge on any atom is 0.252 e. The predicted octanol–water partition coefficient (Wildman–Crippen LogP) is 15.3. The third kappa shape index (κ3) is 5.08. The monoisotopic (exact) mass is 864 g/mol. The van der Waals surface area contributed by atoms with Crippen LogP contribution in [0.3, 0.4) is 0 Å². The van der Waals surface area contributed by atoms with Crippen LogP contribution in [0.25, 0.3) is 86.3 Å². The van der Waals surface area contributed by atoms with Crippen LogP contribution in [0.5, 0.6) is 0 Å². The number of fused-ring (bicyclic) bond motifs is 12. The molecule has 0 spiro atoms. The zero-order chi connectivity index (χ0) is 42.3. The standard InChI is InChI=1S/C58H33BN2O2S2/c1-3-12-34(13-4-1)40-26-36-22-24-64-56(36)32-48(40)60-46-18-11-19-47-58(46)59(44-28-42-38-16-7-9-20-52(38)62-54(42)30-50(44)60)45-29-43-39-17-8-10-21-53(39)63-55(43)31-51(45)61(47)49-33-57-37(23-25-65-57)27-41(49)35-14-5-2-6-15-35/h1-33H. The summed E-state index contributed by atoms with van der Waals surface area (Å²) in [6.45, 7) is -0.119. The molecule has 0 aliphatic carbocycles. The van der Waals surface area contributed by atoms with Crippen molar-refractivity contribution >= 4 is 144 Å². The van der Waals surface area contributed by atoms with Gasteiger partial charge in [0.2, 0.25) is 0 Å². The lowest BCUT2D eigenvalue weighted by molar-refractivity contribution is 0.668. The number of furan rings is 2. The molecule has 4 aromatic heterocycles. The zero-order valence-electron chi connectivity index (χ0n) is 34.7. The van der Waals surface area contributed by atoms with E-state index < -0.39 is 0 Å². The predicted molar refractivity (Wildman–Crippen MR) is 277 cm³/mol. The molecule has 6 heterocycles. The largest absolute Gasteiger partial charge is 0.456 e. The molecule has 13 aromatic rings. The Hall–Kier alpha value is -7.84. The molecule has 0 atom stereocenters. The summed E-state index contributed by atoms with van der Waals surface area (Å²) in [5.41, 5.74) is 18.7. The Morgan fingerprint density at radius 2 is 0.815 bits per heavy atom. The molecule has 0 radical (unpaired) electrons. The van der Waals surface area contributed by atoms with Crippen LogP contribution >= 0.6 is 22.7 Å². The van der Waals surface area contributed by atoms with E-state index in [2.05, 4.69) is 209 Å². The van der Waals surface area contributed by atoms with Crippen LogP contribution in [0.15, 0.2) is 208 Å². The highest BCUT2D eigenvalue weighted by molar-refractivity contribution is 7.17. The van der Waals surface area contributed by atoms with Gasteiger partial charge in [0, 0.05) is 77.0 Å². The van der Waals surface area contributed by atoms with Crippen molar-refractivity contribution in [3.63, 3.8) is 0 Å². The first-order chi connectivity index (χ1) is 32.2. The van der Waals surface area contributed by atoms with E-state index in [0.717, 1.165) is 78.0 Å². The highest BCUT2D eigenvalue weighted by Crippen LogP contribution is 2.51. The van der Waals surface area contributed by atoms with Crippen molar-refractivity contribution in [3.8, 4) is 22.3 Å². The first-order valence-electron chi connectivity index (χ1n) is 22.0. The Labute approximate surface area is 381 Å². The summed E-state index contributed by atoms with van der Waals surface area (Å²) in [7, 11) is 0. The molecule has 15 rings (SSSR count). The van der Waals surface area contributed by atoms with E-state index in [0.29, 0.717) is 0 Å². The van der Waals surface area contributed by atoms with Crippen LogP contribution in [-0.4, -0.2) is 6.71 Å². The highest BCUT2D eigenvalue weighted by atomic mass is 32.1. The Morgan fingerprint density at radius 3 is 1.31 bits per heavy atom. The summed E-state index contributed by atoms with van der Waals surface area (Å²) < 4.78 is 16.0. The molecule has 2 aliphatic heterocycles. The minimum atomic E-state index is -0.119.